The monoisotopic (exact) mass is 433 g/mol. The highest BCUT2D eigenvalue weighted by Crippen LogP contribution is 2.43. The summed E-state index contributed by atoms with van der Waals surface area (Å²) in [5.41, 5.74) is 3.96. The zero-order valence-corrected chi connectivity index (χ0v) is 19.0. The number of amides is 2. The number of nitrogens with zero attached hydrogens (tertiary/aromatic N) is 1. The second-order valence-electron chi connectivity index (χ2n) is 8.32. The minimum atomic E-state index is -0.398. The number of fused-ring (bicyclic) bond motifs is 1. The van der Waals surface area contributed by atoms with Crippen LogP contribution in [0.15, 0.2) is 48.5 Å². The SMILES string of the molecule is CCN(CC)C(=O)c1ccc(C2=CC3(CCNCC3)Oc3cc(C(=O)NC)ccc32)cc1. The Kier molecular flexibility index (Phi) is 6.33. The van der Waals surface area contributed by atoms with E-state index in [9.17, 15) is 9.59 Å². The van der Waals surface area contributed by atoms with Crippen LogP contribution in [0.25, 0.3) is 5.57 Å². The van der Waals surface area contributed by atoms with Crippen molar-refractivity contribution in [3.63, 3.8) is 0 Å². The van der Waals surface area contributed by atoms with Crippen molar-refractivity contribution < 1.29 is 14.3 Å². The highest BCUT2D eigenvalue weighted by molar-refractivity contribution is 5.97. The molecule has 2 aliphatic rings. The third-order valence-electron chi connectivity index (χ3n) is 6.43. The van der Waals surface area contributed by atoms with E-state index in [1.54, 1.807) is 7.05 Å². The van der Waals surface area contributed by atoms with Crippen LogP contribution in [-0.4, -0.2) is 55.5 Å². The molecule has 2 aliphatic heterocycles. The van der Waals surface area contributed by atoms with Crippen molar-refractivity contribution in [2.75, 3.05) is 33.2 Å². The number of rotatable bonds is 5. The van der Waals surface area contributed by atoms with Crippen molar-refractivity contribution in [1.82, 2.24) is 15.5 Å². The number of hydrogen-bond donors (Lipinski definition) is 2. The molecular formula is C26H31N3O3. The van der Waals surface area contributed by atoms with Crippen LogP contribution in [0.2, 0.25) is 0 Å². The van der Waals surface area contributed by atoms with Crippen LogP contribution in [0.1, 0.15) is 58.5 Å². The lowest BCUT2D eigenvalue weighted by molar-refractivity contribution is 0.0772. The lowest BCUT2D eigenvalue weighted by Crippen LogP contribution is -2.46. The Bertz CT molecular complexity index is 1030. The maximum absolute atomic E-state index is 12.7. The van der Waals surface area contributed by atoms with Crippen LogP contribution in [-0.2, 0) is 0 Å². The molecule has 2 aromatic rings. The van der Waals surface area contributed by atoms with E-state index in [1.165, 1.54) is 0 Å². The molecule has 1 saturated heterocycles. The van der Waals surface area contributed by atoms with Crippen LogP contribution in [0.3, 0.4) is 0 Å². The van der Waals surface area contributed by atoms with Gasteiger partial charge < -0.3 is 20.3 Å². The van der Waals surface area contributed by atoms with Crippen LogP contribution in [0.4, 0.5) is 0 Å². The lowest BCUT2D eigenvalue weighted by Gasteiger charge is -2.40. The highest BCUT2D eigenvalue weighted by Gasteiger charge is 2.37. The van der Waals surface area contributed by atoms with Gasteiger partial charge in [0.15, 0.2) is 0 Å². The van der Waals surface area contributed by atoms with E-state index in [2.05, 4.69) is 16.7 Å². The van der Waals surface area contributed by atoms with Crippen LogP contribution in [0.5, 0.6) is 5.75 Å². The van der Waals surface area contributed by atoms with E-state index in [1.807, 2.05) is 61.2 Å². The summed E-state index contributed by atoms with van der Waals surface area (Å²) in [5.74, 6) is 0.646. The predicted octanol–water partition coefficient (Wildman–Crippen LogP) is 3.47. The molecular weight excluding hydrogens is 402 g/mol. The van der Waals surface area contributed by atoms with Crippen LogP contribution >= 0.6 is 0 Å². The summed E-state index contributed by atoms with van der Waals surface area (Å²) in [6.45, 7) is 7.13. The summed E-state index contributed by atoms with van der Waals surface area (Å²) < 4.78 is 6.51. The van der Waals surface area contributed by atoms with Gasteiger partial charge in [0.2, 0.25) is 0 Å². The molecule has 32 heavy (non-hydrogen) atoms. The second kappa shape index (κ2) is 9.17. The molecule has 0 saturated carbocycles. The van der Waals surface area contributed by atoms with Gasteiger partial charge in [0.25, 0.3) is 11.8 Å². The van der Waals surface area contributed by atoms with Crippen LogP contribution < -0.4 is 15.4 Å². The van der Waals surface area contributed by atoms with Gasteiger partial charge in [-0.15, -0.1) is 0 Å². The third kappa shape index (κ3) is 4.15. The van der Waals surface area contributed by atoms with Gasteiger partial charge in [-0.1, -0.05) is 12.1 Å². The van der Waals surface area contributed by atoms with E-state index in [0.717, 1.165) is 48.4 Å². The minimum absolute atomic E-state index is 0.0490. The normalized spacial score (nSPS) is 16.5. The minimum Gasteiger partial charge on any atom is -0.482 e. The molecule has 0 bridgehead atoms. The van der Waals surface area contributed by atoms with E-state index in [-0.39, 0.29) is 11.8 Å². The molecule has 0 aliphatic carbocycles. The molecule has 6 nitrogen and oxygen atoms in total. The van der Waals surface area contributed by atoms with Gasteiger partial charge >= 0.3 is 0 Å². The Morgan fingerprint density at radius 3 is 2.31 bits per heavy atom. The van der Waals surface area contributed by atoms with Crippen molar-refractivity contribution in [1.29, 1.82) is 0 Å². The summed E-state index contributed by atoms with van der Waals surface area (Å²) in [6.07, 6.45) is 3.95. The van der Waals surface area contributed by atoms with Crippen molar-refractivity contribution in [3.8, 4) is 5.75 Å². The molecule has 4 rings (SSSR count). The van der Waals surface area contributed by atoms with Gasteiger partial charge in [-0.3, -0.25) is 9.59 Å². The van der Waals surface area contributed by atoms with E-state index >= 15 is 0 Å². The Hall–Kier alpha value is -3.12. The first-order chi connectivity index (χ1) is 15.5. The van der Waals surface area contributed by atoms with Crippen molar-refractivity contribution >= 4 is 17.4 Å². The number of nitrogens with one attached hydrogen (secondary N) is 2. The first kappa shape index (κ1) is 22.1. The summed E-state index contributed by atoms with van der Waals surface area (Å²) in [5, 5.41) is 6.08. The predicted molar refractivity (Wildman–Crippen MR) is 126 cm³/mol. The molecule has 0 radical (unpaired) electrons. The number of ether oxygens (including phenoxy) is 1. The van der Waals surface area contributed by atoms with Gasteiger partial charge in [0.05, 0.1) is 0 Å². The fourth-order valence-electron chi connectivity index (χ4n) is 4.53. The first-order valence-electron chi connectivity index (χ1n) is 11.4. The smallest absolute Gasteiger partial charge is 0.253 e. The number of benzene rings is 2. The average Bonchev–Trinajstić information content (AvgIpc) is 2.84. The van der Waals surface area contributed by atoms with Crippen molar-refractivity contribution in [2.45, 2.75) is 32.3 Å². The zero-order valence-electron chi connectivity index (χ0n) is 19.0. The number of carbonyl (C=O) groups is 2. The Labute approximate surface area is 189 Å². The van der Waals surface area contributed by atoms with Gasteiger partial charge in [-0.25, -0.2) is 0 Å². The van der Waals surface area contributed by atoms with Crippen molar-refractivity contribution in [3.05, 3.63) is 70.8 Å². The molecule has 2 amide bonds. The molecule has 1 fully saturated rings. The van der Waals surface area contributed by atoms with E-state index in [0.29, 0.717) is 24.2 Å². The molecule has 6 heteroatoms. The Morgan fingerprint density at radius 2 is 1.69 bits per heavy atom. The highest BCUT2D eigenvalue weighted by atomic mass is 16.5. The van der Waals surface area contributed by atoms with Gasteiger partial charge in [-0.05, 0) is 74.5 Å². The van der Waals surface area contributed by atoms with E-state index < -0.39 is 5.60 Å². The first-order valence-corrected chi connectivity index (χ1v) is 11.4. The summed E-state index contributed by atoms with van der Waals surface area (Å²) >= 11 is 0. The Balaban J connectivity index is 1.74. The molecule has 2 N–H and O–H groups in total. The standard InChI is InChI=1S/C26H31N3O3/c1-4-29(5-2)25(31)19-8-6-18(7-9-19)22-17-26(12-14-28-15-13-26)32-23-16-20(24(30)27-3)10-11-21(22)23/h6-11,16-17,28H,4-5,12-15H2,1-3H3,(H,27,30). The largest absolute Gasteiger partial charge is 0.482 e. The van der Waals surface area contributed by atoms with Gasteiger partial charge in [0, 0.05) is 49.7 Å². The third-order valence-corrected chi connectivity index (χ3v) is 6.43. The number of piperidine rings is 1. The lowest BCUT2D eigenvalue weighted by atomic mass is 9.83. The second-order valence-corrected chi connectivity index (χ2v) is 8.32. The maximum Gasteiger partial charge on any atom is 0.253 e. The number of carbonyl (C=O) groups excluding carboxylic acids is 2. The summed E-state index contributed by atoms with van der Waals surface area (Å²) in [7, 11) is 1.63. The fourth-order valence-corrected chi connectivity index (χ4v) is 4.53. The summed E-state index contributed by atoms with van der Waals surface area (Å²) in [6, 6.07) is 13.4. The zero-order chi connectivity index (χ0) is 22.7. The molecule has 2 heterocycles. The topological polar surface area (TPSA) is 70.7 Å². The molecule has 168 valence electrons. The molecule has 2 aromatic carbocycles. The fraction of sp³-hybridized carbons (Fsp3) is 0.385. The number of hydrogen-bond acceptors (Lipinski definition) is 4. The quantitative estimate of drug-likeness (QED) is 0.758. The Morgan fingerprint density at radius 1 is 1.03 bits per heavy atom. The van der Waals surface area contributed by atoms with Crippen LogP contribution in [0, 0.1) is 0 Å². The van der Waals surface area contributed by atoms with E-state index in [4.69, 9.17) is 4.74 Å². The molecule has 1 spiro atoms. The van der Waals surface area contributed by atoms with Crippen molar-refractivity contribution in [2.24, 2.45) is 0 Å². The average molecular weight is 434 g/mol. The molecule has 0 unspecified atom stereocenters. The maximum atomic E-state index is 12.7. The molecule has 0 aromatic heterocycles. The molecule has 0 atom stereocenters. The summed E-state index contributed by atoms with van der Waals surface area (Å²) in [4.78, 5) is 26.7. The van der Waals surface area contributed by atoms with Gasteiger partial charge in [-0.2, -0.15) is 0 Å². The van der Waals surface area contributed by atoms with Gasteiger partial charge in [0.1, 0.15) is 11.4 Å².